The summed E-state index contributed by atoms with van der Waals surface area (Å²) in [4.78, 5) is 131. The van der Waals surface area contributed by atoms with E-state index in [-0.39, 0.29) is 79.5 Å². The van der Waals surface area contributed by atoms with Crippen LogP contribution in [0.1, 0.15) is 86.8 Å². The van der Waals surface area contributed by atoms with Gasteiger partial charge in [-0.3, -0.25) is 58.8 Å². The van der Waals surface area contributed by atoms with Crippen molar-refractivity contribution >= 4 is 150 Å². The van der Waals surface area contributed by atoms with Crippen molar-refractivity contribution in [1.82, 2.24) is 94.8 Å². The minimum Gasteiger partial charge on any atom is -0.378 e. The number of carbonyl (C=O) groups excluding carboxylic acids is 6. The number of anilines is 3. The van der Waals surface area contributed by atoms with Crippen LogP contribution in [0.3, 0.4) is 0 Å². The van der Waals surface area contributed by atoms with E-state index in [9.17, 15) is 28.8 Å². The van der Waals surface area contributed by atoms with Gasteiger partial charge in [-0.2, -0.15) is 15.3 Å². The Labute approximate surface area is 750 Å². The summed E-state index contributed by atoms with van der Waals surface area (Å²) in [6.07, 6.45) is 12.0. The van der Waals surface area contributed by atoms with Crippen LogP contribution < -0.4 is 14.7 Å². The molecule has 3 N–H and O–H groups in total. The number of H-pyrrole nitrogens is 3. The van der Waals surface area contributed by atoms with Crippen LogP contribution in [0, 0.1) is 5.92 Å². The number of ether oxygens (including phenoxy) is 3. The maximum absolute atomic E-state index is 12.8. The van der Waals surface area contributed by atoms with Crippen LogP contribution in [0.2, 0.25) is 0 Å². The highest BCUT2D eigenvalue weighted by atomic mass is 32.1. The number of aromatic amines is 3. The number of amides is 3. The quantitative estimate of drug-likeness (QED) is 0.0367. The van der Waals surface area contributed by atoms with Gasteiger partial charge in [-0.15, -0.1) is 34.0 Å². The van der Waals surface area contributed by atoms with E-state index in [4.69, 9.17) is 44.1 Å². The minimum absolute atomic E-state index is 0.00611. The number of aromatic nitrogens is 12. The van der Waals surface area contributed by atoms with Crippen LogP contribution in [0.5, 0.6) is 0 Å². The van der Waals surface area contributed by atoms with Crippen molar-refractivity contribution in [2.45, 2.75) is 91.8 Å². The van der Waals surface area contributed by atoms with Crippen molar-refractivity contribution in [3.63, 3.8) is 0 Å². The Morgan fingerprint density at radius 1 is 0.449 bits per heavy atom. The number of rotatable bonds is 29. The summed E-state index contributed by atoms with van der Waals surface area (Å²) in [5.41, 5.74) is 9.80. The molecule has 6 fully saturated rings. The molecule has 0 saturated carbocycles. The smallest absolute Gasteiger partial charge is 0.223 e. The first-order chi connectivity index (χ1) is 61.8. The molecule has 12 aromatic rings. The summed E-state index contributed by atoms with van der Waals surface area (Å²) in [5, 5.41) is 24.8. The van der Waals surface area contributed by atoms with Crippen LogP contribution in [0.15, 0.2) is 128 Å². The van der Waals surface area contributed by atoms with Crippen molar-refractivity contribution in [2.24, 2.45) is 5.92 Å². The predicted molar refractivity (Wildman–Crippen MR) is 501 cm³/mol. The number of allylic oxidation sites excluding steroid dienone is 3. The number of nitrogens with one attached hydrogen (secondary N) is 3. The second-order valence-corrected chi connectivity index (χ2v) is 36.9. The summed E-state index contributed by atoms with van der Waals surface area (Å²) in [6.45, 7) is 34.4. The summed E-state index contributed by atoms with van der Waals surface area (Å²) >= 11 is 5.25. The van der Waals surface area contributed by atoms with Gasteiger partial charge in [0.05, 0.1) is 105 Å². The number of piperazine rings is 3. The first kappa shape index (κ1) is 89.3. The largest absolute Gasteiger partial charge is 0.378 e. The van der Waals surface area contributed by atoms with Gasteiger partial charge in [-0.1, -0.05) is 76.4 Å². The molecule has 666 valence electrons. The van der Waals surface area contributed by atoms with Crippen LogP contribution >= 0.6 is 34.0 Å². The van der Waals surface area contributed by atoms with E-state index in [1.807, 2.05) is 123 Å². The Kier molecular flexibility index (Phi) is 29.4. The molecule has 0 unspecified atom stereocenters. The van der Waals surface area contributed by atoms with Crippen LogP contribution in [0.25, 0.3) is 97.5 Å². The van der Waals surface area contributed by atoms with E-state index < -0.39 is 0 Å². The fourth-order valence-corrected chi connectivity index (χ4v) is 20.2. The Hall–Kier alpha value is -11.1. The summed E-state index contributed by atoms with van der Waals surface area (Å²) in [7, 11) is 4.02. The maximum Gasteiger partial charge on any atom is 0.223 e. The second kappa shape index (κ2) is 41.8. The number of thiophene rings is 3. The second-order valence-electron chi connectivity index (χ2n) is 33.5. The number of carbonyl (C=O) groups is 6. The number of Topliss-reactive ketones (excluding diaryl/α,β-unsaturated/α-hetero) is 2. The lowest BCUT2D eigenvalue weighted by Gasteiger charge is -2.34. The zero-order valence-electron chi connectivity index (χ0n) is 73.2. The third-order valence-electron chi connectivity index (χ3n) is 24.3. The molecule has 0 aliphatic carbocycles. The summed E-state index contributed by atoms with van der Waals surface area (Å²) in [5.74, 6) is 5.25. The Morgan fingerprint density at radius 3 is 1.12 bits per heavy atom. The third-order valence-corrected chi connectivity index (χ3v) is 27.6. The highest BCUT2D eigenvalue weighted by Crippen LogP contribution is 2.41. The molecule has 0 radical (unpaired) electrons. The molecule has 6 saturated heterocycles. The third kappa shape index (κ3) is 21.9. The zero-order valence-corrected chi connectivity index (χ0v) is 75.6. The van der Waals surface area contributed by atoms with Gasteiger partial charge >= 0.3 is 0 Å². The van der Waals surface area contributed by atoms with Crippen molar-refractivity contribution in [3.8, 4) is 34.2 Å². The molecular weight excluding hydrogens is 1670 g/mol. The van der Waals surface area contributed by atoms with E-state index in [1.165, 1.54) is 14.6 Å². The van der Waals surface area contributed by atoms with Gasteiger partial charge in [0.15, 0.2) is 52.3 Å². The molecule has 0 atom stereocenters. The molecule has 9 aromatic heterocycles. The topological polar surface area (TPSA) is 326 Å². The Balaban J connectivity index is 0.000000140. The first-order valence-electron chi connectivity index (χ1n) is 44.3. The molecule has 0 bridgehead atoms. The van der Waals surface area contributed by atoms with Gasteiger partial charge in [0, 0.05) is 230 Å². The molecule has 6 aliphatic heterocycles. The lowest BCUT2D eigenvalue weighted by atomic mass is 9.98. The summed E-state index contributed by atoms with van der Waals surface area (Å²) < 4.78 is 20.2. The minimum atomic E-state index is -0.00842. The predicted octanol–water partition coefficient (Wildman–Crippen LogP) is 11.9. The molecule has 127 heavy (non-hydrogen) atoms. The van der Waals surface area contributed by atoms with Crippen LogP contribution in [-0.4, -0.2) is 308 Å². The fourth-order valence-electron chi connectivity index (χ4n) is 16.7. The number of fused-ring (bicyclic) bond motifs is 6. The Morgan fingerprint density at radius 2 is 0.787 bits per heavy atom. The van der Waals surface area contributed by atoms with Gasteiger partial charge in [-0.05, 0) is 86.5 Å². The standard InChI is InChI=1S/C32H40N8O3S.C31H37N7O3S.C30H35N7O3S/c1-37(2)11-4-3-6-23(41)9-10-29(42)39-14-12-38(13-15-39)22-24-20-28-30(44-24)32(40-16-18-43-19-17-40)35-31(34-28)25-7-5-8-27-26(25)21-33-36-27;1-20(2)21(3)27(39)7-8-28(40)37-11-9-36(10-12-37)19-22-17-26-29(42-22)31(38-13-15-41-16-14-38)34-30(33-26)23-5-4-6-25-24(23)18-32-35-25;1-3-20(2)26(38)7-8-27(39)36-11-9-35(10-12-36)19-21-17-25-28(41-21)30(37-13-15-40-16-14-37)33-29(32-25)22-5-4-6-24-23(22)18-31-34-24/h3,5-8,20-21H,4,9-19,22H2,1-2H3,(H,33,36);4-6,17-18,20H,3,7-16,19H2,1-2H3,(H,32,35);4-6,17-18H,2-3,7-16,19H2,1H3,(H,31,34)/b6-3+;;. The molecule has 3 aromatic carbocycles. The van der Waals surface area contributed by atoms with E-state index in [2.05, 4.69) is 102 Å². The van der Waals surface area contributed by atoms with E-state index in [1.54, 1.807) is 40.1 Å². The number of nitrogens with zero attached hydrogens (tertiary/aromatic N) is 19. The summed E-state index contributed by atoms with van der Waals surface area (Å²) in [6, 6.07) is 24.7. The monoisotopic (exact) mass is 1780 g/mol. The van der Waals surface area contributed by atoms with Crippen molar-refractivity contribution < 1.29 is 43.0 Å². The fraction of sp³-hybridized carbons (Fsp3) is 0.452. The highest BCUT2D eigenvalue weighted by molar-refractivity contribution is 7.20. The van der Waals surface area contributed by atoms with Gasteiger partial charge in [0.2, 0.25) is 17.7 Å². The molecule has 6 aliphatic rings. The Bertz CT molecular complexity index is 5970. The molecule has 15 heterocycles. The molecule has 34 heteroatoms. The van der Waals surface area contributed by atoms with Crippen molar-refractivity contribution in [2.75, 3.05) is 193 Å². The lowest BCUT2D eigenvalue weighted by molar-refractivity contribution is -0.134. The number of hydrogen-bond acceptors (Lipinski definition) is 28. The van der Waals surface area contributed by atoms with Gasteiger partial charge < -0.3 is 48.5 Å². The zero-order chi connectivity index (χ0) is 88.0. The normalized spacial score (nSPS) is 16.6. The maximum atomic E-state index is 12.8. The average molecular weight is 1780 g/mol. The molecule has 31 nitrogen and oxygen atoms in total. The SMILES string of the molecule is C=C(C(=O)CCC(=O)N1CCN(Cc2cc3nc(-c4cccc5[nH]ncc45)nc(N4CCOCC4)c3s2)CC1)C(C)C.C=C(CC)C(=O)CCC(=O)N1CCN(Cc2cc3nc(-c4cccc5[nH]ncc45)nc(N4CCOCC4)c3s2)CC1.CN(C)CC/C=C/C(=O)CCC(=O)N1CCN(Cc2cc3nc(-c4cccc5[nH]ncc45)nc(N4CCOCC4)c3s2)CC1. The van der Waals surface area contributed by atoms with Crippen molar-refractivity contribution in [1.29, 1.82) is 0 Å². The molecule has 3 amide bonds. The number of benzene rings is 3. The first-order valence-corrected chi connectivity index (χ1v) is 46.7. The highest BCUT2D eigenvalue weighted by Gasteiger charge is 2.31. The average Bonchev–Trinajstić information content (AvgIpc) is 1.65. The van der Waals surface area contributed by atoms with E-state index in [0.29, 0.717) is 114 Å². The number of hydrogen-bond donors (Lipinski definition) is 3. The van der Waals surface area contributed by atoms with E-state index in [0.717, 1.165) is 209 Å². The van der Waals surface area contributed by atoms with E-state index >= 15 is 0 Å². The van der Waals surface area contributed by atoms with Crippen molar-refractivity contribution in [3.05, 3.63) is 142 Å². The molecule has 0 spiro atoms. The van der Waals surface area contributed by atoms with Gasteiger partial charge in [-0.25, -0.2) is 29.9 Å². The number of morpholine rings is 3. The van der Waals surface area contributed by atoms with Crippen LogP contribution in [-0.2, 0) is 62.6 Å². The van der Waals surface area contributed by atoms with Crippen LogP contribution in [0.4, 0.5) is 17.5 Å². The number of ketones is 3. The lowest BCUT2D eigenvalue weighted by Crippen LogP contribution is -2.48. The molecule has 18 rings (SSSR count). The molecular formula is C93H112N22O9S3. The van der Waals surface area contributed by atoms with Gasteiger partial charge in [0.25, 0.3) is 0 Å². The van der Waals surface area contributed by atoms with Gasteiger partial charge in [0.1, 0.15) is 0 Å².